The van der Waals surface area contributed by atoms with Crippen LogP contribution in [0.5, 0.6) is 0 Å². The average Bonchev–Trinajstić information content (AvgIpc) is 2.65. The molecule has 2 aromatic carbocycles. The van der Waals surface area contributed by atoms with Crippen molar-refractivity contribution in [3.8, 4) is 0 Å². The normalized spacial score (nSPS) is 17.9. The molecule has 0 bridgehead atoms. The SMILES string of the molecule is O=C(O)C(O)c1cccc2c1CCCC2CNS(=O)(=O)c1ccc(F)cc1. The first-order valence-corrected chi connectivity index (χ1v) is 10.1. The third-order valence-electron chi connectivity index (χ3n) is 4.84. The maximum absolute atomic E-state index is 13.0. The highest BCUT2D eigenvalue weighted by Gasteiger charge is 2.28. The number of fused-ring (bicyclic) bond motifs is 1. The van der Waals surface area contributed by atoms with Gasteiger partial charge in [-0.25, -0.2) is 22.3 Å². The molecular formula is C19H20FNO5S. The summed E-state index contributed by atoms with van der Waals surface area (Å²) in [6.07, 6.45) is 0.539. The molecule has 6 nitrogen and oxygen atoms in total. The Morgan fingerprint density at radius 1 is 1.22 bits per heavy atom. The Bertz CT molecular complexity index is 943. The van der Waals surface area contributed by atoms with Crippen LogP contribution in [-0.4, -0.2) is 31.1 Å². The van der Waals surface area contributed by atoms with Crippen LogP contribution in [0.4, 0.5) is 4.39 Å². The number of aliphatic hydroxyl groups excluding tert-OH is 1. The van der Waals surface area contributed by atoms with Crippen molar-refractivity contribution in [2.45, 2.75) is 36.2 Å². The van der Waals surface area contributed by atoms with Gasteiger partial charge in [0.2, 0.25) is 10.0 Å². The van der Waals surface area contributed by atoms with Crippen molar-refractivity contribution in [3.05, 3.63) is 65.0 Å². The summed E-state index contributed by atoms with van der Waals surface area (Å²) >= 11 is 0. The van der Waals surface area contributed by atoms with Gasteiger partial charge < -0.3 is 10.2 Å². The number of aliphatic carboxylic acids is 1. The van der Waals surface area contributed by atoms with Crippen LogP contribution in [0.3, 0.4) is 0 Å². The number of aliphatic hydroxyl groups is 1. The van der Waals surface area contributed by atoms with E-state index in [1.165, 1.54) is 12.1 Å². The maximum atomic E-state index is 13.0. The van der Waals surface area contributed by atoms with Crippen LogP contribution in [0.1, 0.15) is 41.6 Å². The van der Waals surface area contributed by atoms with Crippen LogP contribution in [0.2, 0.25) is 0 Å². The number of hydrogen-bond donors (Lipinski definition) is 3. The molecule has 0 aromatic heterocycles. The highest BCUT2D eigenvalue weighted by Crippen LogP contribution is 2.35. The average molecular weight is 393 g/mol. The third kappa shape index (κ3) is 4.18. The monoisotopic (exact) mass is 393 g/mol. The van der Waals surface area contributed by atoms with Crippen molar-refractivity contribution >= 4 is 16.0 Å². The van der Waals surface area contributed by atoms with Gasteiger partial charge in [0.15, 0.2) is 6.10 Å². The predicted octanol–water partition coefficient (Wildman–Crippen LogP) is 2.34. The van der Waals surface area contributed by atoms with Crippen molar-refractivity contribution in [2.24, 2.45) is 0 Å². The highest BCUT2D eigenvalue weighted by atomic mass is 32.2. The number of benzene rings is 2. The van der Waals surface area contributed by atoms with Gasteiger partial charge in [-0.05, 0) is 66.1 Å². The zero-order chi connectivity index (χ0) is 19.6. The molecule has 144 valence electrons. The van der Waals surface area contributed by atoms with Gasteiger partial charge in [0.1, 0.15) is 5.82 Å². The van der Waals surface area contributed by atoms with Gasteiger partial charge >= 0.3 is 5.97 Å². The van der Waals surface area contributed by atoms with Crippen molar-refractivity contribution < 1.29 is 27.8 Å². The molecule has 1 aliphatic rings. The Morgan fingerprint density at radius 2 is 1.93 bits per heavy atom. The van der Waals surface area contributed by atoms with Gasteiger partial charge in [0, 0.05) is 6.54 Å². The molecule has 8 heteroatoms. The fourth-order valence-corrected chi connectivity index (χ4v) is 4.57. The molecule has 3 N–H and O–H groups in total. The van der Waals surface area contributed by atoms with E-state index < -0.39 is 27.9 Å². The molecule has 1 aliphatic carbocycles. The van der Waals surface area contributed by atoms with E-state index in [4.69, 9.17) is 5.11 Å². The number of nitrogens with one attached hydrogen (secondary N) is 1. The number of hydrogen-bond acceptors (Lipinski definition) is 4. The second-order valence-electron chi connectivity index (χ2n) is 6.55. The first-order chi connectivity index (χ1) is 12.8. The largest absolute Gasteiger partial charge is 0.479 e. The minimum absolute atomic E-state index is 0.0185. The first kappa shape index (κ1) is 19.5. The number of carbonyl (C=O) groups is 1. The van der Waals surface area contributed by atoms with E-state index in [1.54, 1.807) is 12.1 Å². The molecule has 27 heavy (non-hydrogen) atoms. The fraction of sp³-hybridized carbons (Fsp3) is 0.316. The van der Waals surface area contributed by atoms with Gasteiger partial charge in [0.05, 0.1) is 4.90 Å². The molecule has 0 amide bonds. The zero-order valence-electron chi connectivity index (χ0n) is 14.4. The number of sulfonamides is 1. The van der Waals surface area contributed by atoms with Gasteiger partial charge in [-0.2, -0.15) is 0 Å². The summed E-state index contributed by atoms with van der Waals surface area (Å²) in [6, 6.07) is 9.68. The topological polar surface area (TPSA) is 104 Å². The van der Waals surface area contributed by atoms with E-state index in [-0.39, 0.29) is 17.4 Å². The molecule has 2 aromatic rings. The quantitative estimate of drug-likeness (QED) is 0.699. The smallest absolute Gasteiger partial charge is 0.337 e. The van der Waals surface area contributed by atoms with E-state index in [2.05, 4.69) is 4.72 Å². The molecule has 3 rings (SSSR count). The van der Waals surface area contributed by atoms with Crippen LogP contribution in [0.25, 0.3) is 0 Å². The van der Waals surface area contributed by atoms with Crippen molar-refractivity contribution in [2.75, 3.05) is 6.54 Å². The Balaban J connectivity index is 1.81. The molecule has 0 aliphatic heterocycles. The fourth-order valence-electron chi connectivity index (χ4n) is 3.48. The van der Waals surface area contributed by atoms with E-state index in [1.807, 2.05) is 6.07 Å². The summed E-state index contributed by atoms with van der Waals surface area (Å²) in [7, 11) is -3.78. The number of carboxylic acids is 1. The van der Waals surface area contributed by atoms with E-state index in [0.29, 0.717) is 12.0 Å². The predicted molar refractivity (Wildman–Crippen MR) is 96.3 cm³/mol. The minimum atomic E-state index is -3.78. The highest BCUT2D eigenvalue weighted by molar-refractivity contribution is 7.89. The maximum Gasteiger partial charge on any atom is 0.337 e. The standard InChI is InChI=1S/C19H20FNO5S/c20-13-7-9-14(10-8-13)27(25,26)21-11-12-3-1-5-16-15(12)4-2-6-17(16)18(22)19(23)24/h2,4,6-10,12,18,21-22H,1,3,5,11H2,(H,23,24). The molecule has 0 saturated carbocycles. The summed E-state index contributed by atoms with van der Waals surface area (Å²) in [6.45, 7) is 0.138. The summed E-state index contributed by atoms with van der Waals surface area (Å²) in [5, 5.41) is 19.0. The van der Waals surface area contributed by atoms with E-state index in [9.17, 15) is 22.7 Å². The number of rotatable bonds is 6. The molecule has 0 heterocycles. The Kier molecular flexibility index (Phi) is 5.59. The van der Waals surface area contributed by atoms with Gasteiger partial charge in [-0.1, -0.05) is 18.2 Å². The van der Waals surface area contributed by atoms with Gasteiger partial charge in [-0.3, -0.25) is 0 Å². The van der Waals surface area contributed by atoms with Crippen LogP contribution in [0, 0.1) is 5.82 Å². The number of carboxylic acid groups (broad SMARTS) is 1. The van der Waals surface area contributed by atoms with Crippen molar-refractivity contribution in [1.29, 1.82) is 0 Å². The third-order valence-corrected chi connectivity index (χ3v) is 6.28. The van der Waals surface area contributed by atoms with E-state index >= 15 is 0 Å². The van der Waals surface area contributed by atoms with Gasteiger partial charge in [-0.15, -0.1) is 0 Å². The molecule has 0 spiro atoms. The molecule has 2 unspecified atom stereocenters. The molecule has 2 atom stereocenters. The van der Waals surface area contributed by atoms with Gasteiger partial charge in [0.25, 0.3) is 0 Å². The summed E-state index contributed by atoms with van der Waals surface area (Å²) in [5.74, 6) is -1.97. The minimum Gasteiger partial charge on any atom is -0.479 e. The second-order valence-corrected chi connectivity index (χ2v) is 8.32. The van der Waals surface area contributed by atoms with Crippen LogP contribution >= 0.6 is 0 Å². The van der Waals surface area contributed by atoms with Crippen molar-refractivity contribution in [1.82, 2.24) is 4.72 Å². The lowest BCUT2D eigenvalue weighted by molar-refractivity contribution is -0.147. The lowest BCUT2D eigenvalue weighted by Crippen LogP contribution is -2.30. The van der Waals surface area contributed by atoms with Crippen LogP contribution in [0.15, 0.2) is 47.4 Å². The first-order valence-electron chi connectivity index (χ1n) is 8.57. The molecule has 0 saturated heterocycles. The summed E-state index contributed by atoms with van der Waals surface area (Å²) in [4.78, 5) is 11.1. The Labute approximate surface area is 156 Å². The number of halogens is 1. The Hall–Kier alpha value is -2.29. The van der Waals surface area contributed by atoms with Crippen LogP contribution in [-0.2, 0) is 21.2 Å². The van der Waals surface area contributed by atoms with Crippen molar-refractivity contribution in [3.63, 3.8) is 0 Å². The molecule has 0 radical (unpaired) electrons. The zero-order valence-corrected chi connectivity index (χ0v) is 15.2. The summed E-state index contributed by atoms with van der Waals surface area (Å²) < 4.78 is 40.4. The summed E-state index contributed by atoms with van der Waals surface area (Å²) in [5.41, 5.74) is 1.97. The Morgan fingerprint density at radius 3 is 2.59 bits per heavy atom. The molecular weight excluding hydrogens is 373 g/mol. The molecule has 0 fully saturated rings. The lowest BCUT2D eigenvalue weighted by atomic mass is 9.80. The lowest BCUT2D eigenvalue weighted by Gasteiger charge is -2.28. The van der Waals surface area contributed by atoms with E-state index in [0.717, 1.165) is 36.1 Å². The second kappa shape index (κ2) is 7.75. The van der Waals surface area contributed by atoms with Crippen LogP contribution < -0.4 is 4.72 Å².